The van der Waals surface area contributed by atoms with Gasteiger partial charge < -0.3 is 0 Å². The van der Waals surface area contributed by atoms with Crippen LogP contribution in [0.15, 0.2) is 224 Å². The highest BCUT2D eigenvalue weighted by atomic mass is 15.0. The average molecular weight is 824 g/mol. The molecular formula is C62H37N3. The van der Waals surface area contributed by atoms with Crippen LogP contribution in [0.5, 0.6) is 0 Å². The molecule has 1 unspecified atom stereocenters. The van der Waals surface area contributed by atoms with Gasteiger partial charge in [0.15, 0.2) is 17.5 Å². The molecule has 2 aliphatic rings. The number of aromatic nitrogens is 3. The van der Waals surface area contributed by atoms with E-state index >= 15 is 0 Å². The Morgan fingerprint density at radius 1 is 0.246 bits per heavy atom. The molecule has 3 heteroatoms. The summed E-state index contributed by atoms with van der Waals surface area (Å²) in [6.45, 7) is 0. The Bertz CT molecular complexity index is 3890. The quantitative estimate of drug-likeness (QED) is 0.166. The van der Waals surface area contributed by atoms with Gasteiger partial charge in [0.1, 0.15) is 0 Å². The van der Waals surface area contributed by atoms with E-state index in [1.165, 1.54) is 71.4 Å². The zero-order valence-electron chi connectivity index (χ0n) is 35.2. The van der Waals surface area contributed by atoms with Crippen LogP contribution in [0.2, 0.25) is 0 Å². The molecule has 0 saturated heterocycles. The number of hydrogen-bond acceptors (Lipinski definition) is 3. The first-order valence-electron chi connectivity index (χ1n) is 22.4. The van der Waals surface area contributed by atoms with Crippen molar-refractivity contribution in [2.24, 2.45) is 0 Å². The predicted octanol–water partition coefficient (Wildman–Crippen LogP) is 15.5. The van der Waals surface area contributed by atoms with Gasteiger partial charge >= 0.3 is 0 Å². The van der Waals surface area contributed by atoms with Gasteiger partial charge in [-0.15, -0.1) is 0 Å². The van der Waals surface area contributed by atoms with Crippen molar-refractivity contribution in [2.45, 2.75) is 5.41 Å². The van der Waals surface area contributed by atoms with Crippen molar-refractivity contribution < 1.29 is 0 Å². The number of benzene rings is 11. The van der Waals surface area contributed by atoms with E-state index in [-0.39, 0.29) is 0 Å². The molecule has 11 aromatic carbocycles. The van der Waals surface area contributed by atoms with Gasteiger partial charge in [0.25, 0.3) is 0 Å². The maximum absolute atomic E-state index is 5.42. The molecule has 0 N–H and O–H groups in total. The zero-order valence-corrected chi connectivity index (χ0v) is 35.2. The summed E-state index contributed by atoms with van der Waals surface area (Å²) in [6, 6.07) is 81.7. The molecule has 0 saturated carbocycles. The highest BCUT2D eigenvalue weighted by Gasteiger charge is 2.53. The van der Waals surface area contributed by atoms with Gasteiger partial charge in [-0.2, -0.15) is 0 Å². The Kier molecular flexibility index (Phi) is 7.61. The summed E-state index contributed by atoms with van der Waals surface area (Å²) < 4.78 is 0. The SMILES string of the molecule is c1ccc(-c2nc(-c3ccccc3)nc(-c3c(-c4ccc5c(c4)C4(c6ccccc6-5)c5ccccc5-c5c4c4ccccc4c4ccccc54)c4ccccc4c4ccccc34)n2)cc1. The number of nitrogens with zero attached hydrogens (tertiary/aromatic N) is 3. The monoisotopic (exact) mass is 823 g/mol. The molecule has 12 aromatic rings. The average Bonchev–Trinajstić information content (AvgIpc) is 3.86. The molecule has 0 bridgehead atoms. The molecule has 14 rings (SSSR count). The minimum atomic E-state index is -0.585. The third-order valence-electron chi connectivity index (χ3n) is 14.1. The highest BCUT2D eigenvalue weighted by Crippen LogP contribution is 2.66. The van der Waals surface area contributed by atoms with Crippen LogP contribution >= 0.6 is 0 Å². The molecule has 3 nitrogen and oxygen atoms in total. The van der Waals surface area contributed by atoms with Gasteiger partial charge in [0, 0.05) is 22.3 Å². The summed E-state index contributed by atoms with van der Waals surface area (Å²) in [7, 11) is 0. The standard InChI is InChI=1S/C62H37N3/c1-3-19-38(20-4-1)59-63-60(39-21-5-2-6-22-39)65-61(64-59)57-49-30-13-9-24-42(49)41-23-7-11-28-47(41)55(57)40-35-36-46-45-27-15-17-33-52(45)62(54(46)37-40)53-34-18-16-32-51(53)56-48-29-12-8-25-43(48)44-26-10-14-31-50(44)58(56)62/h1-37H. The lowest BCUT2D eigenvalue weighted by atomic mass is 9.68. The smallest absolute Gasteiger partial charge is 0.165 e. The van der Waals surface area contributed by atoms with Gasteiger partial charge in [-0.1, -0.05) is 218 Å². The van der Waals surface area contributed by atoms with Gasteiger partial charge in [-0.3, -0.25) is 0 Å². The van der Waals surface area contributed by atoms with Crippen molar-refractivity contribution in [3.05, 3.63) is 247 Å². The number of hydrogen-bond donors (Lipinski definition) is 0. The summed E-state index contributed by atoms with van der Waals surface area (Å²) in [4.78, 5) is 16.0. The predicted molar refractivity (Wildman–Crippen MR) is 268 cm³/mol. The Morgan fingerprint density at radius 2 is 0.646 bits per heavy atom. The number of rotatable bonds is 4. The molecule has 0 fully saturated rings. The molecule has 1 spiro atoms. The summed E-state index contributed by atoms with van der Waals surface area (Å²) in [5.74, 6) is 1.92. The summed E-state index contributed by atoms with van der Waals surface area (Å²) in [5, 5.41) is 9.72. The fourth-order valence-corrected chi connectivity index (χ4v) is 11.6. The topological polar surface area (TPSA) is 38.7 Å². The third-order valence-corrected chi connectivity index (χ3v) is 14.1. The Balaban J connectivity index is 1.13. The first-order valence-corrected chi connectivity index (χ1v) is 22.4. The van der Waals surface area contributed by atoms with E-state index in [1.807, 2.05) is 36.4 Å². The molecule has 1 aromatic heterocycles. The largest absolute Gasteiger partial charge is 0.208 e. The van der Waals surface area contributed by atoms with Crippen LogP contribution in [0.4, 0.5) is 0 Å². The van der Waals surface area contributed by atoms with Crippen LogP contribution < -0.4 is 0 Å². The Labute approximate surface area is 376 Å². The van der Waals surface area contributed by atoms with Gasteiger partial charge in [-0.05, 0) is 99.2 Å². The first kappa shape index (κ1) is 36.0. The second kappa shape index (κ2) is 13.7. The van der Waals surface area contributed by atoms with Crippen LogP contribution in [0, 0.1) is 0 Å². The van der Waals surface area contributed by atoms with E-state index in [0.29, 0.717) is 17.5 Å². The Morgan fingerprint density at radius 3 is 1.23 bits per heavy atom. The van der Waals surface area contributed by atoms with E-state index in [0.717, 1.165) is 44.0 Å². The minimum absolute atomic E-state index is 0.585. The maximum Gasteiger partial charge on any atom is 0.165 e. The Hall–Kier alpha value is -8.53. The first-order chi connectivity index (χ1) is 32.3. The molecule has 1 atom stereocenters. The lowest BCUT2D eigenvalue weighted by molar-refractivity contribution is 0.802. The maximum atomic E-state index is 5.42. The van der Waals surface area contributed by atoms with Crippen LogP contribution in [-0.4, -0.2) is 15.0 Å². The highest BCUT2D eigenvalue weighted by molar-refractivity contribution is 6.22. The van der Waals surface area contributed by atoms with E-state index in [9.17, 15) is 0 Å². The second-order valence-electron chi connectivity index (χ2n) is 17.3. The molecule has 65 heavy (non-hydrogen) atoms. The lowest BCUT2D eigenvalue weighted by Gasteiger charge is -2.32. The van der Waals surface area contributed by atoms with Crippen LogP contribution in [0.25, 0.3) is 111 Å². The van der Waals surface area contributed by atoms with Crippen molar-refractivity contribution in [3.63, 3.8) is 0 Å². The lowest BCUT2D eigenvalue weighted by Crippen LogP contribution is -2.26. The fraction of sp³-hybridized carbons (Fsp3) is 0.0161. The van der Waals surface area contributed by atoms with Crippen molar-refractivity contribution in [3.8, 4) is 67.5 Å². The van der Waals surface area contributed by atoms with Crippen LogP contribution in [0.3, 0.4) is 0 Å². The molecule has 0 radical (unpaired) electrons. The fourth-order valence-electron chi connectivity index (χ4n) is 11.6. The zero-order chi connectivity index (χ0) is 42.6. The minimum Gasteiger partial charge on any atom is -0.208 e. The van der Waals surface area contributed by atoms with Gasteiger partial charge in [-0.25, -0.2) is 15.0 Å². The van der Waals surface area contributed by atoms with Crippen molar-refractivity contribution >= 4 is 43.1 Å². The van der Waals surface area contributed by atoms with E-state index in [1.54, 1.807) is 0 Å². The van der Waals surface area contributed by atoms with E-state index in [4.69, 9.17) is 15.0 Å². The van der Waals surface area contributed by atoms with Crippen molar-refractivity contribution in [2.75, 3.05) is 0 Å². The summed E-state index contributed by atoms with van der Waals surface area (Å²) in [5.41, 5.74) is 14.9. The number of fused-ring (bicyclic) bond motifs is 18. The molecule has 0 aliphatic heterocycles. The molecule has 300 valence electrons. The second-order valence-corrected chi connectivity index (χ2v) is 17.3. The van der Waals surface area contributed by atoms with E-state index in [2.05, 4.69) is 188 Å². The normalized spacial score (nSPS) is 14.5. The molecule has 2 aliphatic carbocycles. The third kappa shape index (κ3) is 4.98. The van der Waals surface area contributed by atoms with Crippen molar-refractivity contribution in [1.82, 2.24) is 15.0 Å². The van der Waals surface area contributed by atoms with E-state index < -0.39 is 5.41 Å². The van der Waals surface area contributed by atoms with Crippen molar-refractivity contribution in [1.29, 1.82) is 0 Å². The molecule has 1 heterocycles. The van der Waals surface area contributed by atoms with Gasteiger partial charge in [0.2, 0.25) is 0 Å². The molecular weight excluding hydrogens is 787 g/mol. The van der Waals surface area contributed by atoms with Crippen LogP contribution in [-0.2, 0) is 5.41 Å². The van der Waals surface area contributed by atoms with Crippen LogP contribution in [0.1, 0.15) is 22.3 Å². The molecule has 0 amide bonds. The summed E-state index contributed by atoms with van der Waals surface area (Å²) >= 11 is 0. The van der Waals surface area contributed by atoms with Gasteiger partial charge in [0.05, 0.1) is 5.41 Å². The summed E-state index contributed by atoms with van der Waals surface area (Å²) in [6.07, 6.45) is 0.